The lowest BCUT2D eigenvalue weighted by Crippen LogP contribution is -3.00. The van der Waals surface area contributed by atoms with Gasteiger partial charge in [0.05, 0.1) is 0 Å². The molecule has 0 aliphatic heterocycles. The van der Waals surface area contributed by atoms with Gasteiger partial charge in [0.2, 0.25) is 5.69 Å². The first-order chi connectivity index (χ1) is 11.6. The molecule has 1 N–H and O–H groups in total. The van der Waals surface area contributed by atoms with Gasteiger partial charge in [0.15, 0.2) is 18.6 Å². The summed E-state index contributed by atoms with van der Waals surface area (Å²) < 4.78 is 3.90. The second-order valence-electron chi connectivity index (χ2n) is 5.60. The van der Waals surface area contributed by atoms with Gasteiger partial charge in [-0.25, -0.2) is 9.13 Å². The van der Waals surface area contributed by atoms with Crippen LogP contribution < -0.4 is 57.1 Å². The molecule has 6 heteroatoms. The molecule has 0 radical (unpaired) electrons. The van der Waals surface area contributed by atoms with Crippen molar-refractivity contribution in [2.45, 2.75) is 6.92 Å². The Morgan fingerprint density at radius 2 is 1.38 bits per heavy atom. The van der Waals surface area contributed by atoms with E-state index in [0.29, 0.717) is 0 Å². The van der Waals surface area contributed by atoms with Crippen molar-refractivity contribution >= 4 is 6.21 Å². The fourth-order valence-corrected chi connectivity index (χ4v) is 2.17. The monoisotopic (exact) mass is 575 g/mol. The number of hydrogen-bond donors (Lipinski definition) is 1. The van der Waals surface area contributed by atoms with Gasteiger partial charge in [0.25, 0.3) is 0 Å². The topological polar surface area (TPSA) is 40.4 Å². The highest BCUT2D eigenvalue weighted by Crippen LogP contribution is 2.17. The van der Waals surface area contributed by atoms with Crippen molar-refractivity contribution in [3.63, 3.8) is 0 Å². The molecule has 0 saturated heterocycles. The second-order valence-corrected chi connectivity index (χ2v) is 5.60. The maximum Gasteiger partial charge on any atom is 0.226 e. The standard InChI is InChI=1S/C13H14N.C7H8N2O.2HI/c1-11-3-5-12(6-4-11)13-7-9-14(2)10-8-13;1-9-5-3-2-4-7(9)6-8-10;;/h3-10H,1-2H3;2-6H,1H3;2*1H/q+1;;;/p-1. The molecule has 3 aromatic rings. The van der Waals surface area contributed by atoms with Gasteiger partial charge in [-0.15, -0.1) is 0 Å². The molecule has 138 valence electrons. The van der Waals surface area contributed by atoms with Crippen LogP contribution in [0.3, 0.4) is 0 Å². The molecule has 4 nitrogen and oxygen atoms in total. The molecule has 0 atom stereocenters. The van der Waals surface area contributed by atoms with Gasteiger partial charge in [0, 0.05) is 24.3 Å². The highest BCUT2D eigenvalue weighted by molar-refractivity contribution is 5.74. The van der Waals surface area contributed by atoms with Crippen molar-refractivity contribution in [1.29, 1.82) is 0 Å². The maximum absolute atomic E-state index is 8.20. The lowest BCUT2D eigenvalue weighted by atomic mass is 10.1. The summed E-state index contributed by atoms with van der Waals surface area (Å²) in [5.74, 6) is 0. The van der Waals surface area contributed by atoms with E-state index in [4.69, 9.17) is 5.21 Å². The zero-order valence-electron chi connectivity index (χ0n) is 15.1. The Morgan fingerprint density at radius 3 is 1.92 bits per heavy atom. The number of halogens is 2. The molecule has 0 spiro atoms. The van der Waals surface area contributed by atoms with Crippen LogP contribution in [0, 0.1) is 6.92 Å². The fraction of sp³-hybridized carbons (Fsp3) is 0.150. The van der Waals surface area contributed by atoms with Gasteiger partial charge in [-0.05, 0) is 24.1 Å². The minimum atomic E-state index is 0. The van der Waals surface area contributed by atoms with Crippen molar-refractivity contribution in [3.8, 4) is 11.1 Å². The zero-order valence-corrected chi connectivity index (χ0v) is 19.4. The SMILES string of the molecule is C[n+]1ccccc1C=NO.Cc1ccc(-c2cc[n+](C)cc2)cc1.[I-].[I-]. The van der Waals surface area contributed by atoms with Crippen molar-refractivity contribution in [3.05, 3.63) is 84.4 Å². The van der Waals surface area contributed by atoms with Crippen LogP contribution >= 0.6 is 0 Å². The molecule has 2 heterocycles. The van der Waals surface area contributed by atoms with Crippen LogP contribution in [0.4, 0.5) is 0 Å². The molecular weight excluding hydrogens is 552 g/mol. The summed E-state index contributed by atoms with van der Waals surface area (Å²) in [5, 5.41) is 11.1. The van der Waals surface area contributed by atoms with Crippen LogP contribution in [-0.4, -0.2) is 11.4 Å². The van der Waals surface area contributed by atoms with E-state index in [0.717, 1.165) is 5.69 Å². The van der Waals surface area contributed by atoms with E-state index < -0.39 is 0 Å². The van der Waals surface area contributed by atoms with E-state index in [1.165, 1.54) is 22.9 Å². The number of aromatic nitrogens is 2. The highest BCUT2D eigenvalue weighted by atomic mass is 127. The third-order valence-electron chi connectivity index (χ3n) is 3.65. The summed E-state index contributed by atoms with van der Waals surface area (Å²) in [6, 6.07) is 18.5. The smallest absolute Gasteiger partial charge is 0.226 e. The summed E-state index contributed by atoms with van der Waals surface area (Å²) in [5.41, 5.74) is 4.71. The Kier molecular flexibility index (Phi) is 12.0. The second kappa shape index (κ2) is 12.7. The molecule has 0 saturated carbocycles. The number of rotatable bonds is 2. The van der Waals surface area contributed by atoms with E-state index in [1.807, 2.05) is 47.6 Å². The number of oxime groups is 1. The number of pyridine rings is 2. The molecule has 0 bridgehead atoms. The Morgan fingerprint density at radius 1 is 0.808 bits per heavy atom. The van der Waals surface area contributed by atoms with Crippen LogP contribution in [0.1, 0.15) is 11.3 Å². The predicted octanol–water partition coefficient (Wildman–Crippen LogP) is -3.19. The van der Waals surface area contributed by atoms with E-state index in [2.05, 4.69) is 60.9 Å². The van der Waals surface area contributed by atoms with E-state index in [-0.39, 0.29) is 48.0 Å². The zero-order chi connectivity index (χ0) is 17.4. The van der Waals surface area contributed by atoms with Crippen molar-refractivity contribution in [1.82, 2.24) is 0 Å². The minimum Gasteiger partial charge on any atom is -1.00 e. The van der Waals surface area contributed by atoms with Gasteiger partial charge in [-0.3, -0.25) is 0 Å². The van der Waals surface area contributed by atoms with Crippen LogP contribution in [0.25, 0.3) is 11.1 Å². The van der Waals surface area contributed by atoms with Gasteiger partial charge in [-0.2, -0.15) is 0 Å². The molecule has 3 rings (SSSR count). The lowest BCUT2D eigenvalue weighted by molar-refractivity contribution is -0.672. The molecule has 0 fully saturated rings. The van der Waals surface area contributed by atoms with E-state index in [9.17, 15) is 0 Å². The summed E-state index contributed by atoms with van der Waals surface area (Å²) in [7, 11) is 3.91. The molecule has 0 amide bonds. The fourth-order valence-electron chi connectivity index (χ4n) is 2.17. The highest BCUT2D eigenvalue weighted by Gasteiger charge is 1.99. The third kappa shape index (κ3) is 7.77. The summed E-state index contributed by atoms with van der Waals surface area (Å²) >= 11 is 0. The van der Waals surface area contributed by atoms with Crippen LogP contribution in [0.5, 0.6) is 0 Å². The summed E-state index contributed by atoms with van der Waals surface area (Å²) in [6.07, 6.45) is 7.40. The number of aryl methyl sites for hydroxylation is 3. The normalized spacial score (nSPS) is 9.50. The van der Waals surface area contributed by atoms with Crippen LogP contribution in [-0.2, 0) is 14.1 Å². The molecule has 0 aliphatic carbocycles. The molecule has 0 unspecified atom stereocenters. The molecule has 26 heavy (non-hydrogen) atoms. The summed E-state index contributed by atoms with van der Waals surface area (Å²) in [6.45, 7) is 2.11. The number of hydrogen-bond acceptors (Lipinski definition) is 2. The molecular formula is C20H23I2N3O. The van der Waals surface area contributed by atoms with Crippen molar-refractivity contribution in [2.24, 2.45) is 19.3 Å². The maximum atomic E-state index is 8.20. The average molecular weight is 575 g/mol. The Labute approximate surface area is 189 Å². The van der Waals surface area contributed by atoms with Gasteiger partial charge >= 0.3 is 0 Å². The largest absolute Gasteiger partial charge is 1.00 e. The lowest BCUT2D eigenvalue weighted by Gasteiger charge is -2.00. The molecule has 1 aromatic carbocycles. The predicted molar refractivity (Wildman–Crippen MR) is 94.8 cm³/mol. The summed E-state index contributed by atoms with van der Waals surface area (Å²) in [4.78, 5) is 0. The number of benzene rings is 1. The van der Waals surface area contributed by atoms with Gasteiger partial charge < -0.3 is 53.2 Å². The van der Waals surface area contributed by atoms with Gasteiger partial charge in [-0.1, -0.05) is 35.0 Å². The van der Waals surface area contributed by atoms with E-state index in [1.54, 1.807) is 0 Å². The first-order valence-corrected chi connectivity index (χ1v) is 7.74. The van der Waals surface area contributed by atoms with Crippen LogP contribution in [0.2, 0.25) is 0 Å². The first-order valence-electron chi connectivity index (χ1n) is 7.74. The third-order valence-corrected chi connectivity index (χ3v) is 3.65. The number of nitrogens with zero attached hydrogens (tertiary/aromatic N) is 3. The average Bonchev–Trinajstić information content (AvgIpc) is 2.59. The Bertz CT molecular complexity index is 761. The van der Waals surface area contributed by atoms with E-state index >= 15 is 0 Å². The van der Waals surface area contributed by atoms with Crippen molar-refractivity contribution in [2.75, 3.05) is 0 Å². The minimum absolute atomic E-state index is 0. The Balaban J connectivity index is 0.000000469. The van der Waals surface area contributed by atoms with Crippen LogP contribution in [0.15, 0.2) is 78.3 Å². The van der Waals surface area contributed by atoms with Crippen molar-refractivity contribution < 1.29 is 62.3 Å². The molecule has 0 aliphatic rings. The molecule has 2 aromatic heterocycles. The quantitative estimate of drug-likeness (QED) is 0.113. The van der Waals surface area contributed by atoms with Gasteiger partial charge in [0.1, 0.15) is 20.3 Å². The first kappa shape index (κ1) is 24.5. The Hall–Kier alpha value is -1.55.